The van der Waals surface area contributed by atoms with Gasteiger partial charge in [-0.15, -0.1) is 0 Å². The third-order valence-corrected chi connectivity index (χ3v) is 17.7. The third-order valence-electron chi connectivity index (χ3n) is 15.8. The van der Waals surface area contributed by atoms with E-state index in [1.165, 1.54) is 116 Å². The Kier molecular flexibility index (Phi) is 54.8. The molecule has 0 fully saturated rings. The highest BCUT2D eigenvalue weighted by Gasteiger charge is 2.30. The van der Waals surface area contributed by atoms with E-state index in [0.717, 1.165) is 114 Å². The van der Waals surface area contributed by atoms with Crippen LogP contribution in [0.3, 0.4) is 0 Å². The molecule has 19 heteroatoms. The Morgan fingerprint density at radius 1 is 0.329 bits per heavy atom. The maximum Gasteiger partial charge on any atom is 0.472 e. The molecule has 0 heterocycles. The van der Waals surface area contributed by atoms with Gasteiger partial charge < -0.3 is 33.8 Å². The Hall–Kier alpha value is -1.94. The minimum absolute atomic E-state index is 0.102. The molecule has 0 saturated heterocycles. The molecule has 17 nitrogen and oxygen atoms in total. The van der Waals surface area contributed by atoms with Gasteiger partial charge in [-0.05, 0) is 49.4 Å². The van der Waals surface area contributed by atoms with Crippen LogP contribution in [0.25, 0.3) is 0 Å². The van der Waals surface area contributed by atoms with E-state index in [0.29, 0.717) is 31.6 Å². The van der Waals surface area contributed by atoms with Crippen LogP contribution in [-0.2, 0) is 65.4 Å². The molecule has 0 aliphatic rings. The lowest BCUT2D eigenvalue weighted by Gasteiger charge is -2.21. The zero-order valence-electron chi connectivity index (χ0n) is 55.2. The van der Waals surface area contributed by atoms with Crippen LogP contribution in [0.1, 0.15) is 319 Å². The summed E-state index contributed by atoms with van der Waals surface area (Å²) in [6.07, 6.45) is 36.3. The molecule has 0 aromatic heterocycles. The first-order valence-corrected chi connectivity index (χ1v) is 37.3. The standard InChI is InChI=1S/C66H128O17P2/c1-9-58(7)44-36-28-20-13-11-12-14-21-30-38-46-63(68)76-52-61(82-65(70)48-40-32-22-16-15-18-26-34-42-56(3)4)54-80-84(72,73)78-50-60(67)51-79-85(74,75)81-55-62(83-66(71)49-41-33-23-17-19-27-35-43-57(5)6)53-77-64(69)47-39-31-25-24-29-37-45-59(8)10-2/h56-62,67H,9-55H2,1-8H3,(H,72,73)(H,74,75)/t58?,59?,60-,61-,62-/m1/s1. The highest BCUT2D eigenvalue weighted by molar-refractivity contribution is 7.47. The summed E-state index contributed by atoms with van der Waals surface area (Å²) >= 11 is 0. The highest BCUT2D eigenvalue weighted by Crippen LogP contribution is 2.45. The molecule has 0 aliphatic carbocycles. The molecule has 7 atom stereocenters. The van der Waals surface area contributed by atoms with E-state index in [1.807, 2.05) is 0 Å². The molecule has 0 radical (unpaired) electrons. The summed E-state index contributed by atoms with van der Waals surface area (Å²) in [6.45, 7) is 14.0. The number of phosphoric acid groups is 2. The quantitative estimate of drug-likeness (QED) is 0.0222. The maximum absolute atomic E-state index is 13.0. The number of carbonyl (C=O) groups excluding carboxylic acids is 4. The van der Waals surface area contributed by atoms with Crippen molar-refractivity contribution >= 4 is 39.5 Å². The van der Waals surface area contributed by atoms with Crippen LogP contribution >= 0.6 is 15.6 Å². The van der Waals surface area contributed by atoms with E-state index < -0.39 is 97.5 Å². The van der Waals surface area contributed by atoms with E-state index in [4.69, 9.17) is 37.0 Å². The maximum atomic E-state index is 13.0. The molecule has 4 unspecified atom stereocenters. The van der Waals surface area contributed by atoms with Crippen LogP contribution in [0.5, 0.6) is 0 Å². The van der Waals surface area contributed by atoms with E-state index >= 15 is 0 Å². The van der Waals surface area contributed by atoms with Crippen LogP contribution in [0.4, 0.5) is 0 Å². The van der Waals surface area contributed by atoms with E-state index in [2.05, 4.69) is 55.4 Å². The number of rotatable bonds is 63. The van der Waals surface area contributed by atoms with Crippen molar-refractivity contribution < 1.29 is 80.2 Å². The van der Waals surface area contributed by atoms with Crippen LogP contribution < -0.4 is 0 Å². The number of phosphoric ester groups is 2. The highest BCUT2D eigenvalue weighted by atomic mass is 31.2. The lowest BCUT2D eigenvalue weighted by atomic mass is 9.99. The van der Waals surface area contributed by atoms with Gasteiger partial charge in [0.15, 0.2) is 12.2 Å². The van der Waals surface area contributed by atoms with Crippen LogP contribution in [-0.4, -0.2) is 96.7 Å². The fourth-order valence-electron chi connectivity index (χ4n) is 9.72. The van der Waals surface area contributed by atoms with Crippen molar-refractivity contribution in [2.75, 3.05) is 39.6 Å². The molecule has 0 aromatic carbocycles. The number of ether oxygens (including phenoxy) is 4. The normalized spacial score (nSPS) is 15.0. The Bertz CT molecular complexity index is 1700. The van der Waals surface area contributed by atoms with Gasteiger partial charge in [-0.25, -0.2) is 9.13 Å². The number of unbranched alkanes of at least 4 members (excludes halogenated alkanes) is 27. The van der Waals surface area contributed by atoms with Gasteiger partial charge in [0.05, 0.1) is 26.4 Å². The van der Waals surface area contributed by atoms with Gasteiger partial charge in [0.2, 0.25) is 0 Å². The van der Waals surface area contributed by atoms with E-state index in [9.17, 15) is 43.2 Å². The molecule has 3 N–H and O–H groups in total. The van der Waals surface area contributed by atoms with Crippen LogP contribution in [0.2, 0.25) is 0 Å². The SMILES string of the molecule is CCC(C)CCCCCCCCCCCCC(=O)OC[C@H](COP(=O)(O)OC[C@@H](O)COP(=O)(O)OC[C@@H](COC(=O)CCCCCCCCC(C)CC)OC(=O)CCCCCCCCCC(C)C)OC(=O)CCCCCCCCCCC(C)C. The van der Waals surface area contributed by atoms with Crippen molar-refractivity contribution in [2.24, 2.45) is 23.7 Å². The van der Waals surface area contributed by atoms with Gasteiger partial charge in [-0.2, -0.15) is 0 Å². The molecule has 504 valence electrons. The van der Waals surface area contributed by atoms with Crippen molar-refractivity contribution in [3.63, 3.8) is 0 Å². The minimum atomic E-state index is -4.95. The topological polar surface area (TPSA) is 237 Å². The molecule has 0 saturated carbocycles. The Balaban J connectivity index is 5.25. The summed E-state index contributed by atoms with van der Waals surface area (Å²) in [5.41, 5.74) is 0. The van der Waals surface area contributed by atoms with Gasteiger partial charge in [-0.3, -0.25) is 37.3 Å². The summed E-state index contributed by atoms with van der Waals surface area (Å²) in [5, 5.41) is 10.5. The number of aliphatic hydroxyl groups excluding tert-OH is 1. The Labute approximate surface area is 517 Å². The molecular weight excluding hydrogens is 1130 g/mol. The second-order valence-electron chi connectivity index (χ2n) is 25.3. The van der Waals surface area contributed by atoms with Gasteiger partial charge in [-0.1, -0.05) is 267 Å². The Morgan fingerprint density at radius 3 is 0.835 bits per heavy atom. The third kappa shape index (κ3) is 58.2. The van der Waals surface area contributed by atoms with Crippen LogP contribution in [0, 0.1) is 23.7 Å². The fourth-order valence-corrected chi connectivity index (χ4v) is 11.3. The van der Waals surface area contributed by atoms with Crippen LogP contribution in [0.15, 0.2) is 0 Å². The number of hydrogen-bond acceptors (Lipinski definition) is 15. The van der Waals surface area contributed by atoms with Crippen molar-refractivity contribution in [3.05, 3.63) is 0 Å². The zero-order chi connectivity index (χ0) is 63.2. The molecule has 0 spiro atoms. The first-order valence-electron chi connectivity index (χ1n) is 34.3. The molecular formula is C66H128O17P2. The Morgan fingerprint density at radius 2 is 0.565 bits per heavy atom. The smallest absolute Gasteiger partial charge is 0.462 e. The molecule has 0 bridgehead atoms. The van der Waals surface area contributed by atoms with Gasteiger partial charge in [0, 0.05) is 25.7 Å². The lowest BCUT2D eigenvalue weighted by molar-refractivity contribution is -0.161. The predicted molar refractivity (Wildman–Crippen MR) is 340 cm³/mol. The molecule has 0 aromatic rings. The first-order chi connectivity index (χ1) is 40.7. The van der Waals surface area contributed by atoms with Gasteiger partial charge in [0.25, 0.3) is 0 Å². The van der Waals surface area contributed by atoms with Crippen molar-refractivity contribution in [1.82, 2.24) is 0 Å². The number of hydrogen-bond donors (Lipinski definition) is 3. The largest absolute Gasteiger partial charge is 0.472 e. The minimum Gasteiger partial charge on any atom is -0.462 e. The summed E-state index contributed by atoms with van der Waals surface area (Å²) in [4.78, 5) is 72.3. The predicted octanol–water partition coefficient (Wildman–Crippen LogP) is 18.1. The summed E-state index contributed by atoms with van der Waals surface area (Å²) in [7, 11) is -9.89. The van der Waals surface area contributed by atoms with Crippen molar-refractivity contribution in [2.45, 2.75) is 337 Å². The van der Waals surface area contributed by atoms with Gasteiger partial charge >= 0.3 is 39.5 Å². The molecule has 0 rings (SSSR count). The first kappa shape index (κ1) is 83.1. The van der Waals surface area contributed by atoms with Gasteiger partial charge in [0.1, 0.15) is 19.3 Å². The van der Waals surface area contributed by atoms with E-state index in [1.54, 1.807) is 0 Å². The van der Waals surface area contributed by atoms with Crippen molar-refractivity contribution in [1.29, 1.82) is 0 Å². The lowest BCUT2D eigenvalue weighted by Crippen LogP contribution is -2.30. The summed E-state index contributed by atoms with van der Waals surface area (Å²) in [6, 6.07) is 0. The molecule has 0 aliphatic heterocycles. The number of esters is 4. The van der Waals surface area contributed by atoms with E-state index in [-0.39, 0.29) is 25.7 Å². The monoisotopic (exact) mass is 1250 g/mol. The van der Waals surface area contributed by atoms with Crippen molar-refractivity contribution in [3.8, 4) is 0 Å². The average molecular weight is 1260 g/mol. The number of carbonyl (C=O) groups is 4. The summed E-state index contributed by atoms with van der Waals surface area (Å²) in [5.74, 6) is 0.815. The average Bonchev–Trinajstić information content (AvgIpc) is 3.64. The molecule has 85 heavy (non-hydrogen) atoms. The fraction of sp³-hybridized carbons (Fsp3) is 0.939. The second kappa shape index (κ2) is 56.1. The molecule has 0 amide bonds. The summed E-state index contributed by atoms with van der Waals surface area (Å²) < 4.78 is 68.1. The second-order valence-corrected chi connectivity index (χ2v) is 28.2. The number of aliphatic hydroxyl groups is 1. The zero-order valence-corrected chi connectivity index (χ0v) is 57.0.